The zero-order valence-corrected chi connectivity index (χ0v) is 11.3. The number of piperidine rings is 1. The second-order valence-electron chi connectivity index (χ2n) is 5.47. The number of carbonyl (C=O) groups excluding carboxylic acids is 1. The third kappa shape index (κ3) is 2.39. The number of nitrogens with two attached hydrogens (primary N) is 1. The summed E-state index contributed by atoms with van der Waals surface area (Å²) in [5.74, 6) is 0.246. The van der Waals surface area contributed by atoms with Crippen molar-refractivity contribution >= 4 is 17.3 Å². The average Bonchev–Trinajstić information content (AvgIpc) is 2.84. The van der Waals surface area contributed by atoms with Crippen molar-refractivity contribution in [1.29, 1.82) is 0 Å². The molecule has 0 bridgehead atoms. The average molecular weight is 259 g/mol. The Morgan fingerprint density at radius 1 is 1.16 bits per heavy atom. The quantitative estimate of drug-likeness (QED) is 0.822. The number of hydrogen-bond donors (Lipinski definition) is 1. The third-order valence-electron chi connectivity index (χ3n) is 4.15. The van der Waals surface area contributed by atoms with Gasteiger partial charge in [-0.1, -0.05) is 12.1 Å². The lowest BCUT2D eigenvalue weighted by Crippen LogP contribution is -2.42. The van der Waals surface area contributed by atoms with Crippen molar-refractivity contribution in [3.8, 4) is 0 Å². The zero-order chi connectivity index (χ0) is 13.2. The molecular formula is C15H21N3O. The standard InChI is InChI=1S/C15H21N3O/c16-13-6-4-5-12-7-10-18(15(12)13)11-14(19)17-8-2-1-3-9-17/h4-6H,1-3,7-11,16H2. The largest absolute Gasteiger partial charge is 0.397 e. The SMILES string of the molecule is Nc1cccc2c1N(CC(=O)N1CCCCC1)CC2. The van der Waals surface area contributed by atoms with Crippen LogP contribution >= 0.6 is 0 Å². The van der Waals surface area contributed by atoms with E-state index in [1.54, 1.807) is 0 Å². The molecule has 0 aliphatic carbocycles. The number of fused-ring (bicyclic) bond motifs is 1. The predicted octanol–water partition coefficient (Wildman–Crippen LogP) is 1.64. The summed E-state index contributed by atoms with van der Waals surface area (Å²) in [6.45, 7) is 3.22. The van der Waals surface area contributed by atoms with Gasteiger partial charge in [0.15, 0.2) is 0 Å². The van der Waals surface area contributed by atoms with Gasteiger partial charge in [-0.05, 0) is 37.3 Å². The molecule has 1 aromatic carbocycles. The van der Waals surface area contributed by atoms with Crippen LogP contribution in [0.4, 0.5) is 11.4 Å². The highest BCUT2D eigenvalue weighted by molar-refractivity contribution is 5.85. The Hall–Kier alpha value is -1.71. The molecule has 1 saturated heterocycles. The second-order valence-corrected chi connectivity index (χ2v) is 5.47. The molecule has 1 aromatic rings. The van der Waals surface area contributed by atoms with Crippen molar-refractivity contribution in [2.75, 3.05) is 36.8 Å². The molecule has 19 heavy (non-hydrogen) atoms. The van der Waals surface area contributed by atoms with Gasteiger partial charge in [0.1, 0.15) is 0 Å². The molecule has 3 rings (SSSR count). The van der Waals surface area contributed by atoms with Gasteiger partial charge in [0, 0.05) is 19.6 Å². The molecule has 0 aromatic heterocycles. The Bertz CT molecular complexity index is 480. The van der Waals surface area contributed by atoms with E-state index < -0.39 is 0 Å². The molecule has 0 spiro atoms. The van der Waals surface area contributed by atoms with Crippen LogP contribution in [0.1, 0.15) is 24.8 Å². The number of anilines is 2. The van der Waals surface area contributed by atoms with Gasteiger partial charge in [0.2, 0.25) is 5.91 Å². The topological polar surface area (TPSA) is 49.6 Å². The van der Waals surface area contributed by atoms with Crippen LogP contribution in [-0.2, 0) is 11.2 Å². The van der Waals surface area contributed by atoms with E-state index in [1.165, 1.54) is 12.0 Å². The number of likely N-dealkylation sites (tertiary alicyclic amines) is 1. The van der Waals surface area contributed by atoms with Gasteiger partial charge in [-0.2, -0.15) is 0 Å². The summed E-state index contributed by atoms with van der Waals surface area (Å²) in [4.78, 5) is 16.5. The summed E-state index contributed by atoms with van der Waals surface area (Å²) in [5, 5.41) is 0. The molecule has 2 aliphatic rings. The minimum absolute atomic E-state index is 0.246. The van der Waals surface area contributed by atoms with Crippen LogP contribution in [0, 0.1) is 0 Å². The molecule has 102 valence electrons. The first kappa shape index (κ1) is 12.3. The van der Waals surface area contributed by atoms with Crippen LogP contribution in [-0.4, -0.2) is 37.0 Å². The summed E-state index contributed by atoms with van der Waals surface area (Å²) in [5.41, 5.74) is 9.19. The molecule has 0 unspecified atom stereocenters. The predicted molar refractivity (Wildman–Crippen MR) is 77.2 cm³/mol. The Morgan fingerprint density at radius 2 is 1.95 bits per heavy atom. The molecule has 0 radical (unpaired) electrons. The van der Waals surface area contributed by atoms with E-state index in [-0.39, 0.29) is 5.91 Å². The van der Waals surface area contributed by atoms with Crippen LogP contribution < -0.4 is 10.6 Å². The lowest BCUT2D eigenvalue weighted by Gasteiger charge is -2.29. The maximum absolute atomic E-state index is 12.3. The number of para-hydroxylation sites is 1. The summed E-state index contributed by atoms with van der Waals surface area (Å²) in [7, 11) is 0. The van der Waals surface area contributed by atoms with E-state index >= 15 is 0 Å². The van der Waals surface area contributed by atoms with Gasteiger partial charge < -0.3 is 15.5 Å². The highest BCUT2D eigenvalue weighted by atomic mass is 16.2. The van der Waals surface area contributed by atoms with Crippen LogP contribution in [0.3, 0.4) is 0 Å². The van der Waals surface area contributed by atoms with Crippen molar-refractivity contribution in [3.05, 3.63) is 23.8 Å². The second kappa shape index (κ2) is 5.11. The Kier molecular flexibility index (Phi) is 3.32. The number of carbonyl (C=O) groups is 1. The molecule has 4 heteroatoms. The lowest BCUT2D eigenvalue weighted by molar-refractivity contribution is -0.130. The first-order chi connectivity index (χ1) is 9.25. The van der Waals surface area contributed by atoms with Crippen molar-refractivity contribution in [2.45, 2.75) is 25.7 Å². The third-order valence-corrected chi connectivity index (χ3v) is 4.15. The molecule has 2 aliphatic heterocycles. The normalized spacial score (nSPS) is 18.5. The first-order valence-electron chi connectivity index (χ1n) is 7.16. The van der Waals surface area contributed by atoms with Gasteiger partial charge >= 0.3 is 0 Å². The number of nitrogens with zero attached hydrogens (tertiary/aromatic N) is 2. The van der Waals surface area contributed by atoms with Crippen LogP contribution in [0.2, 0.25) is 0 Å². The first-order valence-corrected chi connectivity index (χ1v) is 7.16. The monoisotopic (exact) mass is 259 g/mol. The Balaban J connectivity index is 1.70. The fourth-order valence-electron chi connectivity index (χ4n) is 3.13. The molecule has 0 saturated carbocycles. The summed E-state index contributed by atoms with van der Waals surface area (Å²) in [6.07, 6.45) is 4.53. The lowest BCUT2D eigenvalue weighted by atomic mass is 10.1. The van der Waals surface area contributed by atoms with Crippen molar-refractivity contribution < 1.29 is 4.79 Å². The number of rotatable bonds is 2. The smallest absolute Gasteiger partial charge is 0.242 e. The number of amides is 1. The van der Waals surface area contributed by atoms with Crippen LogP contribution in [0.5, 0.6) is 0 Å². The fourth-order valence-corrected chi connectivity index (χ4v) is 3.13. The van der Waals surface area contributed by atoms with Gasteiger partial charge in [-0.25, -0.2) is 0 Å². The number of hydrogen-bond acceptors (Lipinski definition) is 3. The number of benzene rings is 1. The molecule has 1 fully saturated rings. The van der Waals surface area contributed by atoms with Gasteiger partial charge in [-0.3, -0.25) is 4.79 Å². The van der Waals surface area contributed by atoms with Crippen LogP contribution in [0.25, 0.3) is 0 Å². The minimum atomic E-state index is 0.246. The van der Waals surface area contributed by atoms with E-state index in [9.17, 15) is 4.79 Å². The Labute approximate surface area is 114 Å². The van der Waals surface area contributed by atoms with Crippen molar-refractivity contribution in [1.82, 2.24) is 4.90 Å². The van der Waals surface area contributed by atoms with E-state index in [2.05, 4.69) is 11.0 Å². The van der Waals surface area contributed by atoms with Gasteiger partial charge in [-0.15, -0.1) is 0 Å². The highest BCUT2D eigenvalue weighted by Crippen LogP contribution is 2.33. The zero-order valence-electron chi connectivity index (χ0n) is 11.3. The van der Waals surface area contributed by atoms with Gasteiger partial charge in [0.05, 0.1) is 17.9 Å². The summed E-state index contributed by atoms with van der Waals surface area (Å²) in [6, 6.07) is 6.02. The molecule has 2 heterocycles. The molecule has 0 atom stereocenters. The van der Waals surface area contributed by atoms with Crippen molar-refractivity contribution in [3.63, 3.8) is 0 Å². The van der Waals surface area contributed by atoms with E-state index in [4.69, 9.17) is 5.73 Å². The Morgan fingerprint density at radius 3 is 2.74 bits per heavy atom. The summed E-state index contributed by atoms with van der Waals surface area (Å²) < 4.78 is 0. The maximum Gasteiger partial charge on any atom is 0.242 e. The number of nitrogen functional groups attached to an aromatic ring is 1. The van der Waals surface area contributed by atoms with E-state index in [1.807, 2.05) is 17.0 Å². The molecule has 4 nitrogen and oxygen atoms in total. The fraction of sp³-hybridized carbons (Fsp3) is 0.533. The highest BCUT2D eigenvalue weighted by Gasteiger charge is 2.25. The van der Waals surface area contributed by atoms with E-state index in [0.717, 1.165) is 50.3 Å². The molecule has 1 amide bonds. The van der Waals surface area contributed by atoms with Crippen molar-refractivity contribution in [2.24, 2.45) is 0 Å². The minimum Gasteiger partial charge on any atom is -0.397 e. The van der Waals surface area contributed by atoms with Gasteiger partial charge in [0.25, 0.3) is 0 Å². The molecular weight excluding hydrogens is 238 g/mol. The van der Waals surface area contributed by atoms with E-state index in [0.29, 0.717) is 6.54 Å². The van der Waals surface area contributed by atoms with Crippen LogP contribution in [0.15, 0.2) is 18.2 Å². The summed E-state index contributed by atoms with van der Waals surface area (Å²) >= 11 is 0. The molecule has 2 N–H and O–H groups in total. The maximum atomic E-state index is 12.3.